The summed E-state index contributed by atoms with van der Waals surface area (Å²) in [5.74, 6) is 0.556. The number of hydrogen-bond donors (Lipinski definition) is 1. The van der Waals surface area contributed by atoms with E-state index in [1.807, 2.05) is 36.4 Å². The Hall–Kier alpha value is -3.38. The van der Waals surface area contributed by atoms with Crippen molar-refractivity contribution in [3.05, 3.63) is 88.2 Å². The Morgan fingerprint density at radius 3 is 2.75 bits per heavy atom. The molecule has 7 heteroatoms. The molecule has 2 amide bonds. The normalized spacial score (nSPS) is 15.6. The fourth-order valence-corrected chi connectivity index (χ4v) is 4.28. The van der Waals surface area contributed by atoms with Crippen LogP contribution >= 0.6 is 11.6 Å². The first kappa shape index (κ1) is 21.8. The van der Waals surface area contributed by atoms with Crippen molar-refractivity contribution >= 4 is 23.4 Å². The summed E-state index contributed by atoms with van der Waals surface area (Å²) in [5, 5.41) is 0.327. The number of halogens is 1. The molecule has 1 unspecified atom stereocenters. The topological polar surface area (TPSA) is 85.5 Å². The van der Waals surface area contributed by atoms with E-state index in [2.05, 4.69) is 11.9 Å². The molecule has 4 rings (SSSR count). The lowest BCUT2D eigenvalue weighted by Crippen LogP contribution is -2.29. The van der Waals surface area contributed by atoms with Crippen molar-refractivity contribution in [1.29, 1.82) is 0 Å². The average Bonchev–Trinajstić information content (AvgIpc) is 3.29. The van der Waals surface area contributed by atoms with E-state index in [0.717, 1.165) is 29.7 Å². The Bertz CT molecular complexity index is 1160. The monoisotopic (exact) mass is 449 g/mol. The van der Waals surface area contributed by atoms with Gasteiger partial charge in [-0.25, -0.2) is 4.98 Å². The maximum Gasteiger partial charge on any atom is 0.274 e. The molecule has 0 aliphatic carbocycles. The molecule has 0 radical (unpaired) electrons. The summed E-state index contributed by atoms with van der Waals surface area (Å²) >= 11 is 6.14. The highest BCUT2D eigenvalue weighted by Gasteiger charge is 2.31. The number of aryl methyl sites for hydroxylation is 1. The van der Waals surface area contributed by atoms with Gasteiger partial charge in [-0.15, -0.1) is 0 Å². The summed E-state index contributed by atoms with van der Waals surface area (Å²) < 4.78 is 6.04. The standard InChI is InChI=1S/C25H24ClN3O3/c1-2-16-6-3-4-8-22(16)32-18-9-10-19(20(14-18)24(27)30)17-11-13-29(15-17)25(31)23-21(26)7-5-12-28-23/h3-10,12,14,17H,2,11,13,15H2,1H3,(H2,27,30). The van der Waals surface area contributed by atoms with E-state index >= 15 is 0 Å². The lowest BCUT2D eigenvalue weighted by molar-refractivity contribution is 0.0785. The maximum absolute atomic E-state index is 12.8. The second kappa shape index (κ2) is 9.40. The molecule has 32 heavy (non-hydrogen) atoms. The van der Waals surface area contributed by atoms with Gasteiger partial charge in [0.2, 0.25) is 5.91 Å². The molecule has 1 saturated heterocycles. The van der Waals surface area contributed by atoms with Crippen molar-refractivity contribution < 1.29 is 14.3 Å². The minimum Gasteiger partial charge on any atom is -0.457 e. The molecule has 164 valence electrons. The van der Waals surface area contributed by atoms with Crippen LogP contribution in [0.4, 0.5) is 0 Å². The third-order valence-corrected chi connectivity index (χ3v) is 6.05. The first-order valence-corrected chi connectivity index (χ1v) is 10.9. The molecule has 1 aliphatic heterocycles. The number of rotatable bonds is 6. The predicted molar refractivity (Wildman–Crippen MR) is 123 cm³/mol. The van der Waals surface area contributed by atoms with Crippen molar-refractivity contribution in [3.63, 3.8) is 0 Å². The smallest absolute Gasteiger partial charge is 0.274 e. The van der Waals surface area contributed by atoms with Crippen molar-refractivity contribution in [3.8, 4) is 11.5 Å². The molecule has 6 nitrogen and oxygen atoms in total. The number of aromatic nitrogens is 1. The molecule has 1 fully saturated rings. The van der Waals surface area contributed by atoms with E-state index in [4.69, 9.17) is 22.1 Å². The van der Waals surface area contributed by atoms with Crippen LogP contribution in [-0.2, 0) is 6.42 Å². The minimum absolute atomic E-state index is 0.0130. The largest absolute Gasteiger partial charge is 0.457 e. The van der Waals surface area contributed by atoms with Crippen LogP contribution in [0, 0.1) is 0 Å². The molecule has 1 aromatic heterocycles. The van der Waals surface area contributed by atoms with E-state index in [-0.39, 0.29) is 17.5 Å². The lowest BCUT2D eigenvalue weighted by atomic mass is 9.93. The van der Waals surface area contributed by atoms with Crippen molar-refractivity contribution in [1.82, 2.24) is 9.88 Å². The van der Waals surface area contributed by atoms with E-state index in [9.17, 15) is 9.59 Å². The van der Waals surface area contributed by atoms with Crippen LogP contribution in [0.15, 0.2) is 60.8 Å². The molecule has 3 aromatic rings. The molecule has 1 aliphatic rings. The summed E-state index contributed by atoms with van der Waals surface area (Å²) in [7, 11) is 0. The summed E-state index contributed by atoms with van der Waals surface area (Å²) in [4.78, 5) is 30.9. The molecular weight excluding hydrogens is 426 g/mol. The highest BCUT2D eigenvalue weighted by Crippen LogP contribution is 2.34. The Morgan fingerprint density at radius 1 is 1.19 bits per heavy atom. The highest BCUT2D eigenvalue weighted by atomic mass is 35.5. The average molecular weight is 450 g/mol. The number of carbonyl (C=O) groups is 2. The highest BCUT2D eigenvalue weighted by molar-refractivity contribution is 6.33. The van der Waals surface area contributed by atoms with Crippen LogP contribution in [-0.4, -0.2) is 34.8 Å². The van der Waals surface area contributed by atoms with Crippen molar-refractivity contribution in [2.45, 2.75) is 25.7 Å². The van der Waals surface area contributed by atoms with Gasteiger partial charge in [-0.3, -0.25) is 9.59 Å². The van der Waals surface area contributed by atoms with Gasteiger partial charge >= 0.3 is 0 Å². The van der Waals surface area contributed by atoms with Gasteiger partial charge in [-0.05, 0) is 54.3 Å². The van der Waals surface area contributed by atoms with Crippen LogP contribution in [0.25, 0.3) is 0 Å². The van der Waals surface area contributed by atoms with Gasteiger partial charge in [0.05, 0.1) is 5.02 Å². The van der Waals surface area contributed by atoms with Crippen LogP contribution in [0.3, 0.4) is 0 Å². The number of ether oxygens (including phenoxy) is 1. The van der Waals surface area contributed by atoms with Crippen molar-refractivity contribution in [2.24, 2.45) is 5.73 Å². The van der Waals surface area contributed by atoms with Crippen LogP contribution in [0.1, 0.15) is 51.2 Å². The minimum atomic E-state index is -0.522. The number of pyridine rings is 1. The predicted octanol–water partition coefficient (Wildman–Crippen LogP) is 4.82. The number of para-hydroxylation sites is 1. The molecule has 0 saturated carbocycles. The Balaban J connectivity index is 1.56. The van der Waals surface area contributed by atoms with E-state index in [0.29, 0.717) is 29.4 Å². The Labute approximate surface area is 192 Å². The third kappa shape index (κ3) is 4.46. The number of amides is 2. The van der Waals surface area contributed by atoms with Gasteiger partial charge in [-0.2, -0.15) is 0 Å². The molecule has 0 spiro atoms. The molecule has 2 heterocycles. The van der Waals surface area contributed by atoms with Crippen LogP contribution < -0.4 is 10.5 Å². The third-order valence-electron chi connectivity index (χ3n) is 5.75. The fourth-order valence-electron chi connectivity index (χ4n) is 4.08. The first-order chi connectivity index (χ1) is 15.5. The summed E-state index contributed by atoms with van der Waals surface area (Å²) in [5.41, 5.74) is 8.25. The number of primary amides is 1. The fraction of sp³-hybridized carbons (Fsp3) is 0.240. The molecule has 2 aromatic carbocycles. The van der Waals surface area contributed by atoms with E-state index in [1.54, 1.807) is 29.3 Å². The molecular formula is C25H24ClN3O3. The number of likely N-dealkylation sites (tertiary alicyclic amines) is 1. The number of carbonyl (C=O) groups excluding carboxylic acids is 2. The van der Waals surface area contributed by atoms with Gasteiger partial charge in [0.1, 0.15) is 17.2 Å². The summed E-state index contributed by atoms with van der Waals surface area (Å²) in [6.45, 7) is 3.08. The second-order valence-corrected chi connectivity index (χ2v) is 8.15. The Kier molecular flexibility index (Phi) is 6.42. The zero-order valence-corrected chi connectivity index (χ0v) is 18.5. The van der Waals surface area contributed by atoms with Gasteiger partial charge in [-0.1, -0.05) is 42.8 Å². The van der Waals surface area contributed by atoms with Crippen LogP contribution in [0.2, 0.25) is 5.02 Å². The zero-order chi connectivity index (χ0) is 22.7. The van der Waals surface area contributed by atoms with Crippen molar-refractivity contribution in [2.75, 3.05) is 13.1 Å². The number of benzene rings is 2. The van der Waals surface area contributed by atoms with E-state index in [1.165, 1.54) is 0 Å². The summed E-state index contributed by atoms with van der Waals surface area (Å²) in [6.07, 6.45) is 3.10. The van der Waals surface area contributed by atoms with Gasteiger partial charge in [0.15, 0.2) is 0 Å². The quantitative estimate of drug-likeness (QED) is 0.584. The van der Waals surface area contributed by atoms with Gasteiger partial charge < -0.3 is 15.4 Å². The first-order valence-electron chi connectivity index (χ1n) is 10.6. The maximum atomic E-state index is 12.8. The number of hydrogen-bond acceptors (Lipinski definition) is 4. The molecule has 1 atom stereocenters. The number of nitrogens with two attached hydrogens (primary N) is 1. The van der Waals surface area contributed by atoms with Gasteiger partial charge in [0.25, 0.3) is 5.91 Å². The lowest BCUT2D eigenvalue weighted by Gasteiger charge is -2.18. The van der Waals surface area contributed by atoms with Gasteiger partial charge in [0, 0.05) is 30.8 Å². The zero-order valence-electron chi connectivity index (χ0n) is 17.8. The summed E-state index contributed by atoms with van der Waals surface area (Å²) in [6, 6.07) is 16.5. The second-order valence-electron chi connectivity index (χ2n) is 7.75. The number of nitrogens with zero attached hydrogens (tertiary/aromatic N) is 2. The SMILES string of the molecule is CCc1ccccc1Oc1ccc(C2CCN(C(=O)c3ncccc3Cl)C2)c(C(N)=O)c1. The Morgan fingerprint density at radius 2 is 2.00 bits per heavy atom. The molecule has 0 bridgehead atoms. The van der Waals surface area contributed by atoms with E-state index < -0.39 is 5.91 Å². The van der Waals surface area contributed by atoms with Crippen LogP contribution in [0.5, 0.6) is 11.5 Å². The molecule has 2 N–H and O–H groups in total.